The first-order valence-corrected chi connectivity index (χ1v) is 10.5. The summed E-state index contributed by atoms with van der Waals surface area (Å²) in [6, 6.07) is 7.87. The van der Waals surface area contributed by atoms with Crippen molar-refractivity contribution in [2.45, 2.75) is 45.1 Å². The number of hydrogen-bond donors (Lipinski definition) is 2. The number of carbonyl (C=O) groups is 1. The molecule has 152 valence electrons. The van der Waals surface area contributed by atoms with Gasteiger partial charge in [0.1, 0.15) is 5.82 Å². The highest BCUT2D eigenvalue weighted by atomic mass is 35.5. The molecule has 0 atom stereocenters. The number of H-pyrrole nitrogens is 1. The molecule has 4 rings (SSSR count). The number of halogens is 1. The van der Waals surface area contributed by atoms with Gasteiger partial charge in [-0.1, -0.05) is 25.4 Å². The van der Waals surface area contributed by atoms with Gasteiger partial charge in [0.2, 0.25) is 0 Å². The topological polar surface area (TPSA) is 80.5 Å². The molecule has 7 nitrogen and oxygen atoms in total. The first-order valence-electron chi connectivity index (χ1n) is 9.73. The van der Waals surface area contributed by atoms with Crippen molar-refractivity contribution >= 4 is 29.7 Å². The van der Waals surface area contributed by atoms with Crippen LogP contribution in [-0.2, 0) is 6.42 Å². The van der Waals surface area contributed by atoms with Gasteiger partial charge in [-0.15, -0.1) is 0 Å². The van der Waals surface area contributed by atoms with Crippen LogP contribution >= 0.6 is 23.8 Å². The van der Waals surface area contributed by atoms with Crippen molar-refractivity contribution in [1.29, 1.82) is 0 Å². The quantitative estimate of drug-likeness (QED) is 0.550. The van der Waals surface area contributed by atoms with Crippen LogP contribution < -0.4 is 5.32 Å². The number of nitrogens with zero attached hydrogens (tertiary/aromatic N) is 4. The van der Waals surface area contributed by atoms with Gasteiger partial charge >= 0.3 is 0 Å². The Hall–Kier alpha value is -2.45. The Kier molecular flexibility index (Phi) is 5.56. The summed E-state index contributed by atoms with van der Waals surface area (Å²) in [5, 5.41) is 15.3. The molecule has 1 aliphatic rings. The van der Waals surface area contributed by atoms with Crippen LogP contribution in [0.5, 0.6) is 0 Å². The minimum absolute atomic E-state index is 0.125. The first-order chi connectivity index (χ1) is 14.0. The van der Waals surface area contributed by atoms with Gasteiger partial charge in [0.05, 0.1) is 23.1 Å². The van der Waals surface area contributed by atoms with Gasteiger partial charge in [-0.3, -0.25) is 9.89 Å². The standard InChI is InChI=1S/C20H23ClN6OS/c1-12(2)18-16(11-23-27(18)15-5-3-13(21)4-6-15)19(28)22-10-9-17-24-25-20(29)26(17)14-7-8-14/h3-6,11-12,14H,7-10H2,1-2H3,(H,22,28)(H,25,29). The van der Waals surface area contributed by atoms with Crippen LogP contribution in [0.3, 0.4) is 0 Å². The van der Waals surface area contributed by atoms with Crippen molar-refractivity contribution in [2.24, 2.45) is 0 Å². The van der Waals surface area contributed by atoms with E-state index in [0.717, 1.165) is 30.0 Å². The van der Waals surface area contributed by atoms with E-state index in [2.05, 4.69) is 25.2 Å². The molecule has 3 aromatic rings. The molecule has 2 heterocycles. The number of aromatic nitrogens is 5. The van der Waals surface area contributed by atoms with E-state index in [0.29, 0.717) is 34.4 Å². The summed E-state index contributed by atoms with van der Waals surface area (Å²) in [7, 11) is 0. The summed E-state index contributed by atoms with van der Waals surface area (Å²) < 4.78 is 4.52. The number of amides is 1. The third-order valence-electron chi connectivity index (χ3n) is 4.99. The van der Waals surface area contributed by atoms with Crippen molar-refractivity contribution in [3.05, 3.63) is 57.3 Å². The zero-order valence-electron chi connectivity index (χ0n) is 16.4. The van der Waals surface area contributed by atoms with Gasteiger partial charge in [-0.25, -0.2) is 4.68 Å². The van der Waals surface area contributed by atoms with Gasteiger partial charge in [0, 0.05) is 24.0 Å². The zero-order chi connectivity index (χ0) is 20.5. The molecule has 0 unspecified atom stereocenters. The number of nitrogens with one attached hydrogen (secondary N) is 2. The van der Waals surface area contributed by atoms with Crippen molar-refractivity contribution in [3.63, 3.8) is 0 Å². The molecule has 1 aromatic carbocycles. The van der Waals surface area contributed by atoms with E-state index in [1.807, 2.05) is 38.1 Å². The maximum absolute atomic E-state index is 12.9. The highest BCUT2D eigenvalue weighted by Gasteiger charge is 2.27. The van der Waals surface area contributed by atoms with Gasteiger partial charge in [0.15, 0.2) is 4.77 Å². The molecule has 1 fully saturated rings. The molecule has 0 aliphatic heterocycles. The number of rotatable bonds is 7. The molecule has 0 radical (unpaired) electrons. The van der Waals surface area contributed by atoms with Crippen LogP contribution in [0.15, 0.2) is 30.5 Å². The zero-order valence-corrected chi connectivity index (χ0v) is 17.9. The molecule has 2 aromatic heterocycles. The van der Waals surface area contributed by atoms with E-state index < -0.39 is 0 Å². The summed E-state index contributed by atoms with van der Waals surface area (Å²) in [6.45, 7) is 4.58. The fourth-order valence-corrected chi connectivity index (χ4v) is 3.91. The minimum atomic E-state index is -0.138. The minimum Gasteiger partial charge on any atom is -0.351 e. The number of aromatic amines is 1. The SMILES string of the molecule is CC(C)c1c(C(=O)NCCc2n[nH]c(=S)n2C2CC2)cnn1-c1ccc(Cl)cc1. The molecular formula is C20H23ClN6OS. The van der Waals surface area contributed by atoms with Crippen molar-refractivity contribution in [2.75, 3.05) is 6.54 Å². The molecule has 0 spiro atoms. The molecule has 1 aliphatic carbocycles. The summed E-state index contributed by atoms with van der Waals surface area (Å²) in [6.07, 6.45) is 4.51. The van der Waals surface area contributed by atoms with Gasteiger partial charge in [-0.2, -0.15) is 10.2 Å². The Morgan fingerprint density at radius 2 is 2.07 bits per heavy atom. The average Bonchev–Trinajstić information content (AvgIpc) is 3.30. The first kappa shape index (κ1) is 19.8. The molecule has 0 saturated heterocycles. The van der Waals surface area contributed by atoms with Crippen LogP contribution in [0.1, 0.15) is 60.5 Å². The lowest BCUT2D eigenvalue weighted by Crippen LogP contribution is -2.27. The summed E-state index contributed by atoms with van der Waals surface area (Å²) in [5.74, 6) is 0.875. The van der Waals surface area contributed by atoms with Gasteiger partial charge in [0.25, 0.3) is 5.91 Å². The van der Waals surface area contributed by atoms with Crippen LogP contribution in [0, 0.1) is 4.77 Å². The lowest BCUT2D eigenvalue weighted by atomic mass is 10.0. The molecule has 29 heavy (non-hydrogen) atoms. The highest BCUT2D eigenvalue weighted by Crippen LogP contribution is 2.35. The molecule has 1 amide bonds. The van der Waals surface area contributed by atoms with Crippen molar-refractivity contribution in [3.8, 4) is 5.69 Å². The predicted octanol–water partition coefficient (Wildman–Crippen LogP) is 4.21. The molecule has 0 bridgehead atoms. The average molecular weight is 431 g/mol. The third-order valence-corrected chi connectivity index (χ3v) is 5.53. The van der Waals surface area contributed by atoms with Gasteiger partial charge < -0.3 is 9.88 Å². The lowest BCUT2D eigenvalue weighted by Gasteiger charge is -2.13. The molecular weight excluding hydrogens is 408 g/mol. The Balaban J connectivity index is 1.49. The van der Waals surface area contributed by atoms with Gasteiger partial charge in [-0.05, 0) is 55.2 Å². The maximum Gasteiger partial charge on any atom is 0.254 e. The highest BCUT2D eigenvalue weighted by molar-refractivity contribution is 7.71. The molecule has 2 N–H and O–H groups in total. The molecule has 9 heteroatoms. The smallest absolute Gasteiger partial charge is 0.254 e. The second-order valence-electron chi connectivity index (χ2n) is 7.54. The van der Waals surface area contributed by atoms with E-state index in [-0.39, 0.29) is 11.8 Å². The summed E-state index contributed by atoms with van der Waals surface area (Å²) >= 11 is 11.3. The lowest BCUT2D eigenvalue weighted by molar-refractivity contribution is 0.0952. The Morgan fingerprint density at radius 3 is 2.72 bits per heavy atom. The van der Waals surface area contributed by atoms with Crippen LogP contribution in [-0.4, -0.2) is 37.0 Å². The Bertz CT molecular complexity index is 1080. The van der Waals surface area contributed by atoms with E-state index in [4.69, 9.17) is 23.8 Å². The Morgan fingerprint density at radius 1 is 1.34 bits per heavy atom. The summed E-state index contributed by atoms with van der Waals surface area (Å²) in [5.41, 5.74) is 2.32. The van der Waals surface area contributed by atoms with E-state index in [1.165, 1.54) is 0 Å². The maximum atomic E-state index is 12.9. The van der Waals surface area contributed by atoms with Crippen molar-refractivity contribution < 1.29 is 4.79 Å². The second kappa shape index (κ2) is 8.12. The number of carbonyl (C=O) groups excluding carboxylic acids is 1. The van der Waals surface area contributed by atoms with E-state index in [1.54, 1.807) is 10.9 Å². The predicted molar refractivity (Wildman–Crippen MR) is 114 cm³/mol. The third kappa shape index (κ3) is 4.13. The van der Waals surface area contributed by atoms with Crippen LogP contribution in [0.25, 0.3) is 5.69 Å². The van der Waals surface area contributed by atoms with E-state index >= 15 is 0 Å². The number of hydrogen-bond acceptors (Lipinski definition) is 4. The largest absolute Gasteiger partial charge is 0.351 e. The van der Waals surface area contributed by atoms with E-state index in [9.17, 15) is 4.79 Å². The van der Waals surface area contributed by atoms with Crippen LogP contribution in [0.2, 0.25) is 5.02 Å². The van der Waals surface area contributed by atoms with Crippen molar-refractivity contribution in [1.82, 2.24) is 29.9 Å². The fourth-order valence-electron chi connectivity index (χ4n) is 3.48. The van der Waals surface area contributed by atoms with Crippen LogP contribution in [0.4, 0.5) is 0 Å². The Labute approximate surface area is 179 Å². The normalized spacial score (nSPS) is 13.8. The monoisotopic (exact) mass is 430 g/mol. The fraction of sp³-hybridized carbons (Fsp3) is 0.400. The second-order valence-corrected chi connectivity index (χ2v) is 8.36. The number of benzene rings is 1. The molecule has 1 saturated carbocycles. The summed E-state index contributed by atoms with van der Waals surface area (Å²) in [4.78, 5) is 12.9.